The molecule has 0 saturated heterocycles. The van der Waals surface area contributed by atoms with Crippen molar-refractivity contribution in [3.05, 3.63) is 0 Å². The van der Waals surface area contributed by atoms with Crippen molar-refractivity contribution in [3.63, 3.8) is 0 Å². The van der Waals surface area contributed by atoms with Gasteiger partial charge in [0.05, 0.1) is 0 Å². The Morgan fingerprint density at radius 2 is 1.83 bits per heavy atom. The van der Waals surface area contributed by atoms with Gasteiger partial charge in [-0.15, -0.1) is 0 Å². The van der Waals surface area contributed by atoms with Gasteiger partial charge in [0.15, 0.2) is 0 Å². The summed E-state index contributed by atoms with van der Waals surface area (Å²) in [7, 11) is 0. The van der Waals surface area contributed by atoms with Crippen molar-refractivity contribution < 1.29 is 4.79 Å². The third-order valence-electron chi connectivity index (χ3n) is 2.73. The molecular formula is C11H22O. The van der Waals surface area contributed by atoms with Crippen LogP contribution in [0.25, 0.3) is 0 Å². The Bertz CT molecular complexity index is 142. The number of hydrogen-bond donors (Lipinski definition) is 0. The molecule has 0 aliphatic carbocycles. The summed E-state index contributed by atoms with van der Waals surface area (Å²) in [5, 5.41) is 0. The average molecular weight is 170 g/mol. The van der Waals surface area contributed by atoms with Crippen LogP contribution in [0, 0.1) is 11.3 Å². The molecule has 1 nitrogen and oxygen atoms in total. The Labute approximate surface area is 76.6 Å². The minimum absolute atomic E-state index is 0.341. The van der Waals surface area contributed by atoms with Crippen molar-refractivity contribution >= 4 is 5.78 Å². The van der Waals surface area contributed by atoms with Crippen LogP contribution in [0.15, 0.2) is 0 Å². The van der Waals surface area contributed by atoms with E-state index >= 15 is 0 Å². The lowest BCUT2D eigenvalue weighted by Crippen LogP contribution is -2.18. The molecule has 0 aromatic rings. The van der Waals surface area contributed by atoms with Crippen LogP contribution < -0.4 is 0 Å². The molecule has 12 heavy (non-hydrogen) atoms. The highest BCUT2D eigenvalue weighted by Gasteiger charge is 2.19. The van der Waals surface area contributed by atoms with E-state index in [0.29, 0.717) is 23.5 Å². The van der Waals surface area contributed by atoms with Crippen molar-refractivity contribution in [2.24, 2.45) is 11.3 Å². The Morgan fingerprint density at radius 1 is 1.33 bits per heavy atom. The van der Waals surface area contributed by atoms with Gasteiger partial charge in [-0.2, -0.15) is 0 Å². The Morgan fingerprint density at radius 3 is 2.17 bits per heavy atom. The van der Waals surface area contributed by atoms with Crippen LogP contribution in [0.2, 0.25) is 0 Å². The summed E-state index contributed by atoms with van der Waals surface area (Å²) >= 11 is 0. The van der Waals surface area contributed by atoms with Gasteiger partial charge in [-0.25, -0.2) is 0 Å². The molecule has 0 rings (SSSR count). The van der Waals surface area contributed by atoms with Crippen molar-refractivity contribution in [2.75, 3.05) is 0 Å². The van der Waals surface area contributed by atoms with Gasteiger partial charge in [-0.1, -0.05) is 34.6 Å². The number of ketones is 1. The molecule has 0 fully saturated rings. The first-order valence-electron chi connectivity index (χ1n) is 4.89. The summed E-state index contributed by atoms with van der Waals surface area (Å²) in [6.45, 7) is 10.9. The van der Waals surface area contributed by atoms with Gasteiger partial charge in [0.25, 0.3) is 0 Å². The molecule has 72 valence electrons. The molecule has 1 heteroatoms. The van der Waals surface area contributed by atoms with Gasteiger partial charge in [-0.05, 0) is 17.8 Å². The molecular weight excluding hydrogens is 148 g/mol. The third kappa shape index (κ3) is 4.53. The molecule has 0 bridgehead atoms. The summed E-state index contributed by atoms with van der Waals surface area (Å²) in [6.07, 6.45) is 2.49. The van der Waals surface area contributed by atoms with Crippen LogP contribution in [0.3, 0.4) is 0 Å². The second-order valence-electron chi connectivity index (χ2n) is 4.70. The van der Waals surface area contributed by atoms with Crippen LogP contribution in [0.4, 0.5) is 0 Å². The summed E-state index contributed by atoms with van der Waals surface area (Å²) in [4.78, 5) is 11.0. The van der Waals surface area contributed by atoms with E-state index in [9.17, 15) is 4.79 Å². The lowest BCUT2D eigenvalue weighted by molar-refractivity contribution is -0.119. The SMILES string of the molecule is CCC(=O)CCC(C)C(C)(C)C. The largest absolute Gasteiger partial charge is 0.300 e. The topological polar surface area (TPSA) is 17.1 Å². The predicted molar refractivity (Wildman–Crippen MR) is 53.2 cm³/mol. The maximum Gasteiger partial charge on any atom is 0.132 e. The van der Waals surface area contributed by atoms with Crippen LogP contribution in [-0.4, -0.2) is 5.78 Å². The van der Waals surface area contributed by atoms with E-state index in [1.807, 2.05) is 6.92 Å². The fourth-order valence-electron chi connectivity index (χ4n) is 0.987. The highest BCUT2D eigenvalue weighted by Crippen LogP contribution is 2.28. The van der Waals surface area contributed by atoms with Crippen LogP contribution >= 0.6 is 0 Å². The molecule has 0 heterocycles. The molecule has 0 spiro atoms. The van der Waals surface area contributed by atoms with Crippen molar-refractivity contribution in [1.82, 2.24) is 0 Å². The Kier molecular flexibility index (Phi) is 4.51. The predicted octanol–water partition coefficient (Wildman–Crippen LogP) is 3.43. The first kappa shape index (κ1) is 11.7. The number of carbonyl (C=O) groups is 1. The van der Waals surface area contributed by atoms with Gasteiger partial charge in [0, 0.05) is 12.8 Å². The molecule has 0 amide bonds. The fourth-order valence-corrected chi connectivity index (χ4v) is 0.987. The number of rotatable bonds is 4. The van der Waals surface area contributed by atoms with E-state index in [2.05, 4.69) is 27.7 Å². The van der Waals surface area contributed by atoms with Crippen LogP contribution in [-0.2, 0) is 4.79 Å². The molecule has 1 unspecified atom stereocenters. The second kappa shape index (κ2) is 4.64. The molecule has 0 aliphatic heterocycles. The first-order chi connectivity index (χ1) is 5.38. The van der Waals surface area contributed by atoms with Crippen molar-refractivity contribution in [3.8, 4) is 0 Å². The van der Waals surface area contributed by atoms with Crippen molar-refractivity contribution in [2.45, 2.75) is 53.9 Å². The minimum atomic E-state index is 0.341. The normalized spacial score (nSPS) is 14.4. The highest BCUT2D eigenvalue weighted by molar-refractivity contribution is 5.77. The zero-order chi connectivity index (χ0) is 9.78. The van der Waals surface area contributed by atoms with Gasteiger partial charge >= 0.3 is 0 Å². The maximum absolute atomic E-state index is 11.0. The monoisotopic (exact) mass is 170 g/mol. The minimum Gasteiger partial charge on any atom is -0.300 e. The number of carbonyl (C=O) groups excluding carboxylic acids is 1. The molecule has 0 saturated carbocycles. The van der Waals surface area contributed by atoms with Crippen molar-refractivity contribution in [1.29, 1.82) is 0 Å². The van der Waals surface area contributed by atoms with Gasteiger partial charge in [0.2, 0.25) is 0 Å². The van der Waals surface area contributed by atoms with E-state index < -0.39 is 0 Å². The molecule has 0 N–H and O–H groups in total. The number of Topliss-reactive ketones (excluding diaryl/α,β-unsaturated/α-hetero) is 1. The maximum atomic E-state index is 11.0. The molecule has 0 aliphatic rings. The summed E-state index contributed by atoms with van der Waals surface area (Å²) < 4.78 is 0. The zero-order valence-electron chi connectivity index (χ0n) is 9.11. The zero-order valence-corrected chi connectivity index (χ0v) is 9.11. The number of hydrogen-bond acceptors (Lipinski definition) is 1. The molecule has 0 radical (unpaired) electrons. The summed E-state index contributed by atoms with van der Waals surface area (Å²) in [6, 6.07) is 0. The highest BCUT2D eigenvalue weighted by atomic mass is 16.1. The van der Waals surface area contributed by atoms with E-state index in [0.717, 1.165) is 12.8 Å². The molecule has 0 aromatic carbocycles. The van der Waals surface area contributed by atoms with E-state index in [4.69, 9.17) is 0 Å². The Hall–Kier alpha value is -0.330. The third-order valence-corrected chi connectivity index (χ3v) is 2.73. The fraction of sp³-hybridized carbons (Fsp3) is 0.909. The first-order valence-corrected chi connectivity index (χ1v) is 4.89. The standard InChI is InChI=1S/C11H22O/c1-6-10(12)8-7-9(2)11(3,4)5/h9H,6-8H2,1-5H3. The Balaban J connectivity index is 3.72. The quantitative estimate of drug-likeness (QED) is 0.631. The summed E-state index contributed by atoms with van der Waals surface area (Å²) in [5.74, 6) is 1.03. The van der Waals surface area contributed by atoms with Crippen LogP contribution in [0.5, 0.6) is 0 Å². The lowest BCUT2D eigenvalue weighted by Gasteiger charge is -2.26. The average Bonchev–Trinajstić information content (AvgIpc) is 1.97. The van der Waals surface area contributed by atoms with E-state index in [1.54, 1.807) is 0 Å². The van der Waals surface area contributed by atoms with Gasteiger partial charge in [-0.3, -0.25) is 4.79 Å². The van der Waals surface area contributed by atoms with Crippen LogP contribution in [0.1, 0.15) is 53.9 Å². The summed E-state index contributed by atoms with van der Waals surface area (Å²) in [5.41, 5.74) is 0.341. The van der Waals surface area contributed by atoms with E-state index in [-0.39, 0.29) is 0 Å². The lowest BCUT2D eigenvalue weighted by atomic mass is 9.79. The molecule has 1 atom stereocenters. The van der Waals surface area contributed by atoms with Gasteiger partial charge < -0.3 is 0 Å². The van der Waals surface area contributed by atoms with Gasteiger partial charge in [0.1, 0.15) is 5.78 Å². The molecule has 0 aromatic heterocycles. The second-order valence-corrected chi connectivity index (χ2v) is 4.70. The smallest absolute Gasteiger partial charge is 0.132 e. The van der Waals surface area contributed by atoms with E-state index in [1.165, 1.54) is 0 Å².